The molecule has 0 aromatic rings. The number of hydrogen-bond acceptors (Lipinski definition) is 2. The molecular formula is C10H12F5NO2S. The summed E-state index contributed by atoms with van der Waals surface area (Å²) in [5.41, 5.74) is 0. The topological polar surface area (TPSA) is 46.2 Å². The van der Waals surface area contributed by atoms with Gasteiger partial charge in [-0.1, -0.05) is 12.2 Å². The summed E-state index contributed by atoms with van der Waals surface area (Å²) in [4.78, 5) is 0. The summed E-state index contributed by atoms with van der Waals surface area (Å²) in [5.74, 6) is 0.128. The van der Waals surface area contributed by atoms with Crippen molar-refractivity contribution in [3.05, 3.63) is 12.2 Å². The van der Waals surface area contributed by atoms with Crippen LogP contribution in [0.25, 0.3) is 0 Å². The largest absolute Gasteiger partial charge is 0.470 e. The molecule has 19 heavy (non-hydrogen) atoms. The van der Waals surface area contributed by atoms with Crippen LogP contribution in [0.1, 0.15) is 12.8 Å². The molecule has 0 amide bonds. The highest BCUT2D eigenvalue weighted by Crippen LogP contribution is 2.44. The van der Waals surface area contributed by atoms with Gasteiger partial charge in [-0.15, -0.1) is 0 Å². The molecular weight excluding hydrogens is 293 g/mol. The van der Waals surface area contributed by atoms with E-state index < -0.39 is 21.5 Å². The molecule has 2 aliphatic carbocycles. The van der Waals surface area contributed by atoms with E-state index in [0.717, 1.165) is 6.42 Å². The molecule has 1 saturated carbocycles. The van der Waals surface area contributed by atoms with Crippen LogP contribution in [0.2, 0.25) is 0 Å². The Labute approximate surface area is 106 Å². The Balaban J connectivity index is 2.01. The monoisotopic (exact) mass is 305 g/mol. The van der Waals surface area contributed by atoms with Crippen LogP contribution in [0.15, 0.2) is 12.2 Å². The van der Waals surface area contributed by atoms with Crippen LogP contribution in [-0.2, 0) is 10.0 Å². The molecule has 3 atom stereocenters. The fraction of sp³-hybridized carbons (Fsp3) is 0.800. The number of sulfonamides is 1. The van der Waals surface area contributed by atoms with Crippen LogP contribution in [0.4, 0.5) is 22.0 Å². The molecule has 0 heterocycles. The summed E-state index contributed by atoms with van der Waals surface area (Å²) in [6, 6.07) is 0. The molecule has 3 nitrogen and oxygen atoms in total. The number of allylic oxidation sites excluding steroid dienone is 2. The van der Waals surface area contributed by atoms with Crippen molar-refractivity contribution in [1.29, 1.82) is 0 Å². The van der Waals surface area contributed by atoms with Crippen molar-refractivity contribution in [1.82, 2.24) is 4.72 Å². The first-order chi connectivity index (χ1) is 8.54. The highest BCUT2D eigenvalue weighted by molar-refractivity contribution is 7.90. The van der Waals surface area contributed by atoms with Crippen molar-refractivity contribution in [3.8, 4) is 0 Å². The second-order valence-electron chi connectivity index (χ2n) is 4.91. The Kier molecular flexibility index (Phi) is 3.41. The lowest BCUT2D eigenvalue weighted by Gasteiger charge is -2.23. The van der Waals surface area contributed by atoms with E-state index in [-0.39, 0.29) is 24.3 Å². The van der Waals surface area contributed by atoms with Crippen LogP contribution in [0.5, 0.6) is 0 Å². The van der Waals surface area contributed by atoms with E-state index >= 15 is 0 Å². The number of alkyl halides is 5. The number of fused-ring (bicyclic) bond motifs is 2. The minimum Gasteiger partial charge on any atom is -0.209 e. The van der Waals surface area contributed by atoms with Crippen LogP contribution in [-0.4, -0.2) is 26.4 Å². The number of hydrogen-bond donors (Lipinski definition) is 1. The van der Waals surface area contributed by atoms with Crippen molar-refractivity contribution >= 4 is 10.0 Å². The van der Waals surface area contributed by atoms with Gasteiger partial charge in [0.1, 0.15) is 0 Å². The molecule has 0 saturated heterocycles. The van der Waals surface area contributed by atoms with Crippen molar-refractivity contribution in [3.63, 3.8) is 0 Å². The zero-order chi connectivity index (χ0) is 14.5. The van der Waals surface area contributed by atoms with Gasteiger partial charge in [0.15, 0.2) is 0 Å². The van der Waals surface area contributed by atoms with Gasteiger partial charge >= 0.3 is 11.4 Å². The van der Waals surface area contributed by atoms with Crippen molar-refractivity contribution in [2.45, 2.75) is 24.3 Å². The minimum absolute atomic E-state index is 0.0622. The van der Waals surface area contributed by atoms with Crippen LogP contribution >= 0.6 is 0 Å². The smallest absolute Gasteiger partial charge is 0.209 e. The van der Waals surface area contributed by atoms with E-state index in [1.807, 2.05) is 12.2 Å². The highest BCUT2D eigenvalue weighted by Gasteiger charge is 2.67. The average molecular weight is 305 g/mol. The lowest BCUT2D eigenvalue weighted by Crippen LogP contribution is -2.50. The quantitative estimate of drug-likeness (QED) is 0.640. The molecule has 3 unspecified atom stereocenters. The Morgan fingerprint density at radius 3 is 2.16 bits per heavy atom. The molecule has 2 bridgehead atoms. The molecule has 0 aromatic heterocycles. The van der Waals surface area contributed by atoms with Gasteiger partial charge in [-0.3, -0.25) is 0 Å². The van der Waals surface area contributed by atoms with Crippen LogP contribution in [0, 0.1) is 17.8 Å². The molecule has 1 fully saturated rings. The van der Waals surface area contributed by atoms with Crippen LogP contribution < -0.4 is 4.72 Å². The average Bonchev–Trinajstić information content (AvgIpc) is 2.86. The molecule has 0 aliphatic heterocycles. The third kappa shape index (κ3) is 2.49. The summed E-state index contributed by atoms with van der Waals surface area (Å²) >= 11 is 0. The summed E-state index contributed by atoms with van der Waals surface area (Å²) in [5, 5.41) is -5.77. The van der Waals surface area contributed by atoms with E-state index in [4.69, 9.17) is 0 Å². The fourth-order valence-corrected chi connectivity index (χ4v) is 3.51. The van der Waals surface area contributed by atoms with Gasteiger partial charge < -0.3 is 0 Å². The first kappa shape index (κ1) is 14.7. The second-order valence-corrected chi connectivity index (χ2v) is 6.72. The molecule has 2 aliphatic rings. The van der Waals surface area contributed by atoms with E-state index in [1.54, 1.807) is 0 Å². The van der Waals surface area contributed by atoms with Crippen LogP contribution in [0.3, 0.4) is 0 Å². The molecule has 0 spiro atoms. The fourth-order valence-electron chi connectivity index (χ4n) is 2.59. The number of nitrogens with one attached hydrogen (secondary N) is 1. The minimum atomic E-state index is -6.12. The summed E-state index contributed by atoms with van der Waals surface area (Å²) in [6.45, 7) is -0.389. The first-order valence-corrected chi connectivity index (χ1v) is 7.15. The predicted molar refractivity (Wildman–Crippen MR) is 56.8 cm³/mol. The van der Waals surface area contributed by atoms with Gasteiger partial charge in [-0.05, 0) is 30.6 Å². The second kappa shape index (κ2) is 4.41. The Morgan fingerprint density at radius 2 is 1.74 bits per heavy atom. The Bertz CT molecular complexity index is 485. The van der Waals surface area contributed by atoms with E-state index in [0.29, 0.717) is 6.42 Å². The summed E-state index contributed by atoms with van der Waals surface area (Å²) in [6.07, 6.45) is -0.883. The summed E-state index contributed by atoms with van der Waals surface area (Å²) < 4.78 is 85.1. The first-order valence-electron chi connectivity index (χ1n) is 5.66. The van der Waals surface area contributed by atoms with E-state index in [1.165, 1.54) is 4.72 Å². The number of rotatable bonds is 4. The third-order valence-electron chi connectivity index (χ3n) is 3.62. The maximum Gasteiger partial charge on any atom is 0.470 e. The third-order valence-corrected chi connectivity index (χ3v) is 5.07. The van der Waals surface area contributed by atoms with Gasteiger partial charge in [0.2, 0.25) is 0 Å². The SMILES string of the molecule is O=S(=O)(NCC1CC2C=CC1C2)C(F)(F)C(F)(F)F. The molecule has 1 N–H and O–H groups in total. The molecule has 110 valence electrons. The molecule has 2 rings (SSSR count). The molecule has 0 radical (unpaired) electrons. The van der Waals surface area contributed by atoms with Gasteiger partial charge in [0.25, 0.3) is 10.0 Å². The maximum atomic E-state index is 12.8. The van der Waals surface area contributed by atoms with Crippen molar-refractivity contribution in [2.75, 3.05) is 6.54 Å². The normalized spacial score (nSPS) is 31.1. The zero-order valence-corrected chi connectivity index (χ0v) is 10.4. The van der Waals surface area contributed by atoms with Crippen molar-refractivity contribution < 1.29 is 30.4 Å². The highest BCUT2D eigenvalue weighted by atomic mass is 32.2. The summed E-state index contributed by atoms with van der Waals surface area (Å²) in [7, 11) is -5.75. The van der Waals surface area contributed by atoms with E-state index in [9.17, 15) is 30.4 Å². The molecule has 9 heteroatoms. The van der Waals surface area contributed by atoms with Gasteiger partial charge in [0, 0.05) is 6.54 Å². The standard InChI is InChI=1S/C10H12F5NO2S/c11-9(12,13)10(14,15)19(17,18)16-5-8-4-6-1-2-7(8)3-6/h1-2,6-8,16H,3-5H2. The van der Waals surface area contributed by atoms with E-state index in [2.05, 4.69) is 0 Å². The number of halogens is 5. The zero-order valence-electron chi connectivity index (χ0n) is 9.62. The maximum absolute atomic E-state index is 12.8. The lowest BCUT2D eigenvalue weighted by molar-refractivity contribution is -0.241. The van der Waals surface area contributed by atoms with Gasteiger partial charge in [-0.2, -0.15) is 22.0 Å². The molecule has 0 aromatic carbocycles. The predicted octanol–water partition coefficient (Wildman–Crippen LogP) is 2.27. The van der Waals surface area contributed by atoms with Crippen molar-refractivity contribution in [2.24, 2.45) is 17.8 Å². The Hall–Kier alpha value is -0.700. The lowest BCUT2D eigenvalue weighted by atomic mass is 9.94. The Morgan fingerprint density at radius 1 is 1.11 bits per heavy atom. The van der Waals surface area contributed by atoms with Gasteiger partial charge in [0.05, 0.1) is 0 Å². The van der Waals surface area contributed by atoms with Gasteiger partial charge in [-0.25, -0.2) is 13.1 Å².